The Bertz CT molecular complexity index is 287. The van der Waals surface area contributed by atoms with Gasteiger partial charge in [-0.05, 0) is 10.8 Å². The monoisotopic (exact) mass is 190 g/mol. The summed E-state index contributed by atoms with van der Waals surface area (Å²) < 4.78 is 0. The molecule has 2 heteroatoms. The Morgan fingerprint density at radius 1 is 0.714 bits per heavy atom. The first-order valence-corrected chi connectivity index (χ1v) is 4.70. The Morgan fingerprint density at radius 2 is 0.929 bits per heavy atom. The van der Waals surface area contributed by atoms with E-state index in [9.17, 15) is 0 Å². The van der Waals surface area contributed by atoms with Gasteiger partial charge in [-0.25, -0.2) is 0 Å². The van der Waals surface area contributed by atoms with Crippen molar-refractivity contribution in [1.29, 1.82) is 10.5 Å². The van der Waals surface area contributed by atoms with E-state index in [4.69, 9.17) is 10.5 Å². The summed E-state index contributed by atoms with van der Waals surface area (Å²) in [5.41, 5.74) is 0.667. The molecular weight excluding hydrogens is 172 g/mol. The first-order valence-electron chi connectivity index (χ1n) is 4.70. The molecule has 0 rings (SSSR count). The largest absolute Gasteiger partial charge is 0.193 e. The summed E-state index contributed by atoms with van der Waals surface area (Å²) in [4.78, 5) is 0. The van der Waals surface area contributed by atoms with E-state index in [1.54, 1.807) is 0 Å². The third-order valence-electron chi connectivity index (χ3n) is 1.97. The van der Waals surface area contributed by atoms with Gasteiger partial charge in [-0.1, -0.05) is 41.5 Å². The van der Waals surface area contributed by atoms with Crippen molar-refractivity contribution in [3.8, 4) is 12.1 Å². The minimum Gasteiger partial charge on any atom is -0.193 e. The molecule has 0 aliphatic rings. The maximum Gasteiger partial charge on any atom is 0.0963 e. The van der Waals surface area contributed by atoms with Gasteiger partial charge >= 0.3 is 0 Å². The highest BCUT2D eigenvalue weighted by Gasteiger charge is 2.28. The molecule has 76 valence electrons. The number of rotatable bonds is 0. The maximum absolute atomic E-state index is 9.07. The van der Waals surface area contributed by atoms with Crippen molar-refractivity contribution < 1.29 is 0 Å². The zero-order chi connectivity index (χ0) is 11.6. The first-order chi connectivity index (χ1) is 6.14. The SMILES string of the molecule is CC(C)(C)/C(C#N)=C(\C#N)C(C)(C)C. The lowest BCUT2D eigenvalue weighted by Crippen LogP contribution is -2.18. The highest BCUT2D eigenvalue weighted by Crippen LogP contribution is 2.35. The van der Waals surface area contributed by atoms with Crippen molar-refractivity contribution in [2.75, 3.05) is 0 Å². The normalized spacial score (nSPS) is 14.0. The fraction of sp³-hybridized carbons (Fsp3) is 0.667. The Hall–Kier alpha value is -1.28. The van der Waals surface area contributed by atoms with E-state index in [1.165, 1.54) is 0 Å². The second kappa shape index (κ2) is 3.84. The maximum atomic E-state index is 9.07. The van der Waals surface area contributed by atoms with Gasteiger partial charge in [0.05, 0.1) is 12.1 Å². The number of allylic oxidation sites excluding steroid dienone is 2. The fourth-order valence-corrected chi connectivity index (χ4v) is 1.20. The molecule has 2 nitrogen and oxygen atoms in total. The Kier molecular flexibility index (Phi) is 3.49. The van der Waals surface area contributed by atoms with Crippen molar-refractivity contribution in [2.45, 2.75) is 41.5 Å². The van der Waals surface area contributed by atoms with Crippen molar-refractivity contribution in [3.63, 3.8) is 0 Å². The third kappa shape index (κ3) is 2.89. The van der Waals surface area contributed by atoms with Crippen LogP contribution in [0.5, 0.6) is 0 Å². The second-order valence-electron chi connectivity index (χ2n) is 5.47. The van der Waals surface area contributed by atoms with Gasteiger partial charge in [0.2, 0.25) is 0 Å². The molecule has 0 radical (unpaired) electrons. The van der Waals surface area contributed by atoms with Crippen molar-refractivity contribution in [2.24, 2.45) is 10.8 Å². The molecule has 0 aliphatic heterocycles. The van der Waals surface area contributed by atoms with Crippen LogP contribution < -0.4 is 0 Å². The number of hydrogen-bond donors (Lipinski definition) is 0. The minimum atomic E-state index is -0.257. The average Bonchev–Trinajstić information content (AvgIpc) is 1.94. The van der Waals surface area contributed by atoms with Crippen LogP contribution >= 0.6 is 0 Å². The van der Waals surface area contributed by atoms with E-state index in [0.717, 1.165) is 0 Å². The van der Waals surface area contributed by atoms with Crippen LogP contribution in [0.3, 0.4) is 0 Å². The Balaban J connectivity index is 5.68. The van der Waals surface area contributed by atoms with E-state index in [0.29, 0.717) is 11.1 Å². The van der Waals surface area contributed by atoms with Gasteiger partial charge in [0.25, 0.3) is 0 Å². The summed E-state index contributed by atoms with van der Waals surface area (Å²) in [6.07, 6.45) is 0. The molecule has 0 N–H and O–H groups in total. The zero-order valence-corrected chi connectivity index (χ0v) is 9.89. The highest BCUT2D eigenvalue weighted by molar-refractivity contribution is 5.43. The molecule has 0 spiro atoms. The van der Waals surface area contributed by atoms with Gasteiger partial charge in [-0.2, -0.15) is 10.5 Å². The smallest absolute Gasteiger partial charge is 0.0963 e. The summed E-state index contributed by atoms with van der Waals surface area (Å²) in [5, 5.41) is 18.1. The molecule has 0 unspecified atom stereocenters. The van der Waals surface area contributed by atoms with Gasteiger partial charge in [0.15, 0.2) is 0 Å². The molecule has 0 atom stereocenters. The highest BCUT2D eigenvalue weighted by atomic mass is 14.4. The standard InChI is InChI=1S/C12H18N2/c1-11(2,3)9(7-13)10(8-14)12(4,5)6/h1-6H3/b10-9+. The third-order valence-corrected chi connectivity index (χ3v) is 1.97. The van der Waals surface area contributed by atoms with Crippen LogP contribution in [0.25, 0.3) is 0 Å². The molecule has 0 fully saturated rings. The first kappa shape index (κ1) is 12.7. The summed E-state index contributed by atoms with van der Waals surface area (Å²) in [6, 6.07) is 4.31. The van der Waals surface area contributed by atoms with E-state index in [-0.39, 0.29) is 10.8 Å². The van der Waals surface area contributed by atoms with Gasteiger partial charge in [0.1, 0.15) is 0 Å². The molecule has 0 bridgehead atoms. The molecule has 0 aromatic rings. The summed E-state index contributed by atoms with van der Waals surface area (Å²) in [7, 11) is 0. The van der Waals surface area contributed by atoms with Crippen LogP contribution in [0.2, 0.25) is 0 Å². The number of nitrogens with zero attached hydrogens (tertiary/aromatic N) is 2. The lowest BCUT2D eigenvalue weighted by atomic mass is 9.76. The van der Waals surface area contributed by atoms with E-state index < -0.39 is 0 Å². The molecular formula is C12H18N2. The lowest BCUT2D eigenvalue weighted by molar-refractivity contribution is 0.467. The van der Waals surface area contributed by atoms with Crippen LogP contribution in [0.4, 0.5) is 0 Å². The quantitative estimate of drug-likeness (QED) is 0.549. The fourth-order valence-electron chi connectivity index (χ4n) is 1.20. The molecule has 14 heavy (non-hydrogen) atoms. The van der Waals surface area contributed by atoms with Gasteiger partial charge in [0, 0.05) is 11.1 Å². The average molecular weight is 190 g/mol. The lowest BCUT2D eigenvalue weighted by Gasteiger charge is -2.25. The van der Waals surface area contributed by atoms with Crippen LogP contribution in [-0.4, -0.2) is 0 Å². The van der Waals surface area contributed by atoms with Crippen LogP contribution in [0, 0.1) is 33.5 Å². The molecule has 0 aromatic carbocycles. The van der Waals surface area contributed by atoms with Gasteiger partial charge < -0.3 is 0 Å². The zero-order valence-electron chi connectivity index (χ0n) is 9.89. The van der Waals surface area contributed by atoms with Gasteiger partial charge in [-0.3, -0.25) is 0 Å². The van der Waals surface area contributed by atoms with Crippen LogP contribution in [0.1, 0.15) is 41.5 Å². The molecule has 0 heterocycles. The summed E-state index contributed by atoms with van der Waals surface area (Å²) in [5.74, 6) is 0. The van der Waals surface area contributed by atoms with Gasteiger partial charge in [-0.15, -0.1) is 0 Å². The molecule has 0 aliphatic carbocycles. The Labute approximate surface area is 86.8 Å². The predicted octanol–water partition coefficient (Wildman–Crippen LogP) is 3.42. The van der Waals surface area contributed by atoms with E-state index in [2.05, 4.69) is 12.1 Å². The Morgan fingerprint density at radius 3 is 1.00 bits per heavy atom. The molecule has 0 saturated heterocycles. The van der Waals surface area contributed by atoms with Crippen molar-refractivity contribution in [1.82, 2.24) is 0 Å². The number of hydrogen-bond acceptors (Lipinski definition) is 2. The van der Waals surface area contributed by atoms with E-state index in [1.807, 2.05) is 41.5 Å². The second-order valence-corrected chi connectivity index (χ2v) is 5.47. The van der Waals surface area contributed by atoms with Crippen LogP contribution in [-0.2, 0) is 0 Å². The summed E-state index contributed by atoms with van der Waals surface area (Å²) >= 11 is 0. The molecule has 0 aromatic heterocycles. The molecule has 0 saturated carbocycles. The number of nitriles is 2. The topological polar surface area (TPSA) is 47.6 Å². The summed E-state index contributed by atoms with van der Waals surface area (Å²) in [6.45, 7) is 11.7. The molecule has 0 amide bonds. The van der Waals surface area contributed by atoms with Crippen LogP contribution in [0.15, 0.2) is 11.1 Å². The van der Waals surface area contributed by atoms with E-state index >= 15 is 0 Å². The van der Waals surface area contributed by atoms with Crippen molar-refractivity contribution in [3.05, 3.63) is 11.1 Å². The predicted molar refractivity (Wildman–Crippen MR) is 57.2 cm³/mol. The van der Waals surface area contributed by atoms with Crippen molar-refractivity contribution >= 4 is 0 Å². The minimum absolute atomic E-state index is 0.257.